The molecule has 4 rings (SSSR count). The van der Waals surface area contributed by atoms with Crippen LogP contribution in [0.3, 0.4) is 0 Å². The first-order valence-corrected chi connectivity index (χ1v) is 10.6. The molecule has 2 heterocycles. The van der Waals surface area contributed by atoms with Crippen LogP contribution < -0.4 is 10.2 Å². The highest BCUT2D eigenvalue weighted by Crippen LogP contribution is 2.23. The van der Waals surface area contributed by atoms with Crippen molar-refractivity contribution in [3.8, 4) is 0 Å². The predicted octanol–water partition coefficient (Wildman–Crippen LogP) is 4.20. The lowest BCUT2D eigenvalue weighted by Gasteiger charge is -2.07. The summed E-state index contributed by atoms with van der Waals surface area (Å²) in [5.41, 5.74) is 3.26. The Morgan fingerprint density at radius 1 is 1.23 bits per heavy atom. The maximum atomic E-state index is 12.9. The van der Waals surface area contributed by atoms with Crippen molar-refractivity contribution >= 4 is 38.4 Å². The highest BCUT2D eigenvalue weighted by Gasteiger charge is 2.16. The fourth-order valence-electron chi connectivity index (χ4n) is 3.49. The van der Waals surface area contributed by atoms with E-state index in [1.165, 1.54) is 17.6 Å². The first kappa shape index (κ1) is 20.3. The normalized spacial score (nSPS) is 12.2. The lowest BCUT2D eigenvalue weighted by molar-refractivity contribution is 0.0994. The lowest BCUT2D eigenvalue weighted by atomic mass is 10.1. The molecule has 154 valence electrons. The Balaban J connectivity index is 1.86. The van der Waals surface area contributed by atoms with Gasteiger partial charge in [0.1, 0.15) is 17.4 Å². The van der Waals surface area contributed by atoms with Gasteiger partial charge < -0.3 is 13.7 Å². The predicted molar refractivity (Wildman–Crippen MR) is 118 cm³/mol. The molecule has 0 aliphatic rings. The van der Waals surface area contributed by atoms with Gasteiger partial charge in [-0.15, -0.1) is 0 Å². The molecular formula is C23H22N2O4S. The van der Waals surface area contributed by atoms with Crippen LogP contribution in [-0.4, -0.2) is 23.7 Å². The van der Waals surface area contributed by atoms with Crippen LogP contribution in [0.1, 0.15) is 28.4 Å². The molecule has 0 bridgehead atoms. The van der Waals surface area contributed by atoms with Gasteiger partial charge in [0.25, 0.3) is 5.91 Å². The molecule has 1 amide bonds. The van der Waals surface area contributed by atoms with E-state index in [4.69, 9.17) is 9.15 Å². The van der Waals surface area contributed by atoms with Gasteiger partial charge in [0, 0.05) is 13.2 Å². The number of aryl methyl sites for hydroxylation is 2. The smallest absolute Gasteiger partial charge is 0.286 e. The van der Waals surface area contributed by atoms with Crippen molar-refractivity contribution in [2.75, 3.05) is 13.2 Å². The van der Waals surface area contributed by atoms with Gasteiger partial charge in [0.2, 0.25) is 5.43 Å². The summed E-state index contributed by atoms with van der Waals surface area (Å²) >= 11 is 1.44. The van der Waals surface area contributed by atoms with E-state index in [0.717, 1.165) is 21.3 Å². The summed E-state index contributed by atoms with van der Waals surface area (Å²) in [5, 5.41) is 0.366. The summed E-state index contributed by atoms with van der Waals surface area (Å²) < 4.78 is 14.0. The maximum Gasteiger partial charge on any atom is 0.286 e. The highest BCUT2D eigenvalue weighted by atomic mass is 32.1. The Kier molecular flexibility index (Phi) is 5.65. The van der Waals surface area contributed by atoms with Gasteiger partial charge in [-0.1, -0.05) is 29.5 Å². The van der Waals surface area contributed by atoms with E-state index in [1.54, 1.807) is 24.3 Å². The molecule has 6 nitrogen and oxygen atoms in total. The molecule has 0 radical (unpaired) electrons. The summed E-state index contributed by atoms with van der Waals surface area (Å²) in [7, 11) is 0. The fourth-order valence-corrected chi connectivity index (χ4v) is 4.59. The monoisotopic (exact) mass is 422 g/mol. The molecule has 0 spiro atoms. The van der Waals surface area contributed by atoms with Crippen molar-refractivity contribution in [1.29, 1.82) is 0 Å². The average Bonchev–Trinajstić information content (AvgIpc) is 3.06. The zero-order valence-electron chi connectivity index (χ0n) is 17.1. The average molecular weight is 423 g/mol. The number of hydrogen-bond donors (Lipinski definition) is 0. The number of amides is 1. The van der Waals surface area contributed by atoms with Crippen LogP contribution in [0.5, 0.6) is 0 Å². The third kappa shape index (κ3) is 3.74. The zero-order chi connectivity index (χ0) is 21.3. The number of ether oxygens (including phenoxy) is 1. The summed E-state index contributed by atoms with van der Waals surface area (Å²) in [4.78, 5) is 30.5. The van der Waals surface area contributed by atoms with Gasteiger partial charge in [-0.2, -0.15) is 4.99 Å². The van der Waals surface area contributed by atoms with E-state index in [-0.39, 0.29) is 11.0 Å². The van der Waals surface area contributed by atoms with Crippen LogP contribution in [0.15, 0.2) is 56.9 Å². The van der Waals surface area contributed by atoms with Gasteiger partial charge in [-0.25, -0.2) is 0 Å². The van der Waals surface area contributed by atoms with Gasteiger partial charge in [0.05, 0.1) is 22.2 Å². The summed E-state index contributed by atoms with van der Waals surface area (Å²) in [5.74, 6) is -0.611. The molecule has 2 aromatic carbocycles. The molecule has 0 N–H and O–H groups in total. The van der Waals surface area contributed by atoms with E-state index in [9.17, 15) is 9.59 Å². The quantitative estimate of drug-likeness (QED) is 0.452. The third-order valence-corrected chi connectivity index (χ3v) is 6.11. The topological polar surface area (TPSA) is 73.8 Å². The standard InChI is InChI=1S/C23H22N2O4S/c1-4-28-10-9-25-18-12-14(2)11-15(3)21(18)30-23(25)24-22(27)17-13-29-19-8-6-5-7-16(19)20(17)26/h5-8,11-13H,4,9-10H2,1-3H3. The van der Waals surface area contributed by atoms with E-state index in [2.05, 4.69) is 17.1 Å². The van der Waals surface area contributed by atoms with Crippen LogP contribution in [0.4, 0.5) is 0 Å². The van der Waals surface area contributed by atoms with E-state index < -0.39 is 5.91 Å². The van der Waals surface area contributed by atoms with Crippen LogP contribution in [0.2, 0.25) is 0 Å². The Labute approximate surface area is 177 Å². The summed E-state index contributed by atoms with van der Waals surface area (Å²) in [6.45, 7) is 7.72. The lowest BCUT2D eigenvalue weighted by Crippen LogP contribution is -2.21. The molecular weight excluding hydrogens is 400 g/mol. The number of rotatable bonds is 5. The number of para-hydroxylation sites is 1. The maximum absolute atomic E-state index is 12.9. The molecule has 0 saturated heterocycles. The Hall–Kier alpha value is -3.03. The molecule has 30 heavy (non-hydrogen) atoms. The Morgan fingerprint density at radius 3 is 2.83 bits per heavy atom. The Morgan fingerprint density at radius 2 is 2.03 bits per heavy atom. The summed E-state index contributed by atoms with van der Waals surface area (Å²) in [6.07, 6.45) is 1.20. The molecule has 0 unspecified atom stereocenters. The number of fused-ring (bicyclic) bond motifs is 2. The SMILES string of the molecule is CCOCCn1c(=NC(=O)c2coc3ccccc3c2=O)sc2c(C)cc(C)cc21. The van der Waals surface area contributed by atoms with Crippen molar-refractivity contribution in [2.24, 2.45) is 4.99 Å². The van der Waals surface area contributed by atoms with Crippen molar-refractivity contribution < 1.29 is 13.9 Å². The molecule has 4 aromatic rings. The van der Waals surface area contributed by atoms with Gasteiger partial charge in [-0.3, -0.25) is 9.59 Å². The molecule has 2 aromatic heterocycles. The highest BCUT2D eigenvalue weighted by molar-refractivity contribution is 7.16. The molecule has 0 atom stereocenters. The van der Waals surface area contributed by atoms with Crippen LogP contribution >= 0.6 is 11.3 Å². The molecule has 0 aliphatic heterocycles. The van der Waals surface area contributed by atoms with Crippen molar-refractivity contribution in [3.05, 3.63) is 74.4 Å². The minimum atomic E-state index is -0.611. The number of carbonyl (C=O) groups is 1. The van der Waals surface area contributed by atoms with Crippen LogP contribution in [-0.2, 0) is 11.3 Å². The van der Waals surface area contributed by atoms with E-state index in [0.29, 0.717) is 35.5 Å². The number of hydrogen-bond acceptors (Lipinski definition) is 5. The van der Waals surface area contributed by atoms with Gasteiger partial charge in [0.15, 0.2) is 4.80 Å². The Bertz CT molecular complexity index is 1380. The largest absolute Gasteiger partial charge is 0.463 e. The van der Waals surface area contributed by atoms with Crippen molar-refractivity contribution in [1.82, 2.24) is 4.57 Å². The van der Waals surface area contributed by atoms with Gasteiger partial charge >= 0.3 is 0 Å². The second-order valence-electron chi connectivity index (χ2n) is 7.05. The number of aromatic nitrogens is 1. The second kappa shape index (κ2) is 8.38. The minimum absolute atomic E-state index is 0.0737. The minimum Gasteiger partial charge on any atom is -0.463 e. The molecule has 0 fully saturated rings. The fraction of sp³-hybridized carbons (Fsp3) is 0.261. The molecule has 7 heteroatoms. The number of carbonyl (C=O) groups excluding carboxylic acids is 1. The second-order valence-corrected chi connectivity index (χ2v) is 8.03. The van der Waals surface area contributed by atoms with Crippen molar-refractivity contribution in [3.63, 3.8) is 0 Å². The van der Waals surface area contributed by atoms with Crippen LogP contribution in [0, 0.1) is 13.8 Å². The van der Waals surface area contributed by atoms with Gasteiger partial charge in [-0.05, 0) is 50.1 Å². The first-order chi connectivity index (χ1) is 14.5. The van der Waals surface area contributed by atoms with E-state index in [1.807, 2.05) is 25.3 Å². The number of thiazole rings is 1. The molecule has 0 saturated carbocycles. The number of nitrogens with zero attached hydrogens (tertiary/aromatic N) is 2. The molecule has 0 aliphatic carbocycles. The number of benzene rings is 2. The zero-order valence-corrected chi connectivity index (χ0v) is 17.9. The summed E-state index contributed by atoms with van der Waals surface area (Å²) in [6, 6.07) is 11.0. The van der Waals surface area contributed by atoms with Crippen molar-refractivity contribution in [2.45, 2.75) is 27.3 Å². The third-order valence-electron chi connectivity index (χ3n) is 4.89. The van der Waals surface area contributed by atoms with Crippen LogP contribution in [0.25, 0.3) is 21.2 Å². The van der Waals surface area contributed by atoms with E-state index >= 15 is 0 Å². The first-order valence-electron chi connectivity index (χ1n) is 9.77.